The van der Waals surface area contributed by atoms with Crippen LogP contribution in [0, 0.1) is 11.3 Å². The second-order valence-corrected chi connectivity index (χ2v) is 8.06. The number of rotatable bonds is 9. The molecular weight excluding hydrogens is 516 g/mol. The molecule has 4 aromatic heterocycles. The highest BCUT2D eigenvalue weighted by molar-refractivity contribution is 6.04. The number of carbonyl (C=O) groups is 1. The number of nitrogens with one attached hydrogen (secondary N) is 1. The minimum atomic E-state index is -0.547. The van der Waals surface area contributed by atoms with Crippen LogP contribution in [0.15, 0.2) is 61.3 Å². The lowest BCUT2D eigenvalue weighted by Gasteiger charge is -2.12. The van der Waals surface area contributed by atoms with Gasteiger partial charge in [0.2, 0.25) is 0 Å². The average molecular weight is 539 g/mol. The van der Waals surface area contributed by atoms with Gasteiger partial charge in [-0.2, -0.15) is 10.4 Å². The molecule has 40 heavy (non-hydrogen) atoms. The van der Waals surface area contributed by atoms with E-state index in [1.807, 2.05) is 6.07 Å². The number of hydrogen-bond donors (Lipinski definition) is 1. The lowest BCUT2D eigenvalue weighted by atomic mass is 10.2. The quantitative estimate of drug-likeness (QED) is 0.290. The molecule has 0 spiro atoms. The van der Waals surface area contributed by atoms with Crippen LogP contribution in [0.1, 0.15) is 23.1 Å². The van der Waals surface area contributed by atoms with E-state index in [1.165, 1.54) is 29.5 Å². The summed E-state index contributed by atoms with van der Waals surface area (Å²) in [7, 11) is 3.11. The number of aromatic nitrogens is 6. The Bertz CT molecular complexity index is 1730. The van der Waals surface area contributed by atoms with E-state index < -0.39 is 5.91 Å². The SMILES string of the molecule is CCOc1cn(-c2cncc(C#N)n2)nc1C(=O)Nc1ccc(Oc2ccnc3cc(OC)c(OC)cc23)cn1. The third-order valence-electron chi connectivity index (χ3n) is 5.58. The minimum Gasteiger partial charge on any atom is -0.493 e. The van der Waals surface area contributed by atoms with E-state index >= 15 is 0 Å². The van der Waals surface area contributed by atoms with E-state index in [-0.39, 0.29) is 28.8 Å². The van der Waals surface area contributed by atoms with Gasteiger partial charge >= 0.3 is 0 Å². The number of pyridine rings is 2. The van der Waals surface area contributed by atoms with Crippen molar-refractivity contribution in [2.45, 2.75) is 6.92 Å². The Balaban J connectivity index is 1.35. The molecule has 13 nitrogen and oxygen atoms in total. The Hall–Kier alpha value is -5.77. The van der Waals surface area contributed by atoms with Gasteiger partial charge in [-0.25, -0.2) is 14.6 Å². The molecule has 0 fully saturated rings. The van der Waals surface area contributed by atoms with Gasteiger partial charge in [-0.1, -0.05) is 0 Å². The maximum atomic E-state index is 13.1. The van der Waals surface area contributed by atoms with Crippen LogP contribution in [0.4, 0.5) is 5.82 Å². The normalized spacial score (nSPS) is 10.6. The monoisotopic (exact) mass is 538 g/mol. The Morgan fingerprint density at radius 3 is 2.58 bits per heavy atom. The number of nitrogens with zero attached hydrogens (tertiary/aromatic N) is 7. The number of anilines is 1. The molecule has 0 bridgehead atoms. The number of fused-ring (bicyclic) bond motifs is 1. The van der Waals surface area contributed by atoms with Gasteiger partial charge in [-0.15, -0.1) is 0 Å². The maximum Gasteiger partial charge on any atom is 0.281 e. The van der Waals surface area contributed by atoms with Crippen molar-refractivity contribution < 1.29 is 23.7 Å². The van der Waals surface area contributed by atoms with Crippen LogP contribution in [-0.2, 0) is 0 Å². The van der Waals surface area contributed by atoms with Gasteiger partial charge < -0.3 is 24.3 Å². The molecule has 0 aliphatic heterocycles. The summed E-state index contributed by atoms with van der Waals surface area (Å²) < 4.78 is 23.7. The molecular formula is C27H22N8O5. The lowest BCUT2D eigenvalue weighted by molar-refractivity contribution is 0.101. The third kappa shape index (κ3) is 5.27. The first-order chi connectivity index (χ1) is 19.5. The molecule has 4 heterocycles. The summed E-state index contributed by atoms with van der Waals surface area (Å²) in [5.74, 6) is 2.31. The molecule has 1 amide bonds. The highest BCUT2D eigenvalue weighted by Crippen LogP contribution is 2.36. The molecule has 0 unspecified atom stereocenters. The molecule has 0 saturated heterocycles. The summed E-state index contributed by atoms with van der Waals surface area (Å²) in [4.78, 5) is 29.8. The molecule has 0 atom stereocenters. The van der Waals surface area contributed by atoms with Gasteiger partial charge in [0.05, 0.1) is 51.1 Å². The highest BCUT2D eigenvalue weighted by atomic mass is 16.5. The first kappa shape index (κ1) is 25.9. The van der Waals surface area contributed by atoms with E-state index in [2.05, 4.69) is 30.4 Å². The summed E-state index contributed by atoms with van der Waals surface area (Å²) in [5.41, 5.74) is 0.796. The van der Waals surface area contributed by atoms with Gasteiger partial charge in [-0.3, -0.25) is 14.8 Å². The van der Waals surface area contributed by atoms with E-state index in [1.54, 1.807) is 57.7 Å². The smallest absolute Gasteiger partial charge is 0.281 e. The predicted octanol–water partition coefficient (Wildman–Crippen LogP) is 3.94. The number of methoxy groups -OCH3 is 2. The summed E-state index contributed by atoms with van der Waals surface area (Å²) in [6, 6.07) is 10.5. The van der Waals surface area contributed by atoms with E-state index in [4.69, 9.17) is 24.2 Å². The summed E-state index contributed by atoms with van der Waals surface area (Å²) in [6.45, 7) is 2.09. The van der Waals surface area contributed by atoms with Crippen LogP contribution >= 0.6 is 0 Å². The largest absolute Gasteiger partial charge is 0.493 e. The molecule has 5 rings (SSSR count). The Morgan fingerprint density at radius 1 is 1.02 bits per heavy atom. The Labute approximate surface area is 228 Å². The number of ether oxygens (including phenoxy) is 4. The Morgan fingerprint density at radius 2 is 1.85 bits per heavy atom. The van der Waals surface area contributed by atoms with Crippen molar-refractivity contribution in [3.05, 3.63) is 72.7 Å². The van der Waals surface area contributed by atoms with Crippen molar-refractivity contribution in [3.8, 4) is 40.6 Å². The van der Waals surface area contributed by atoms with Gasteiger partial charge in [0.1, 0.15) is 23.4 Å². The third-order valence-corrected chi connectivity index (χ3v) is 5.58. The number of benzene rings is 1. The molecule has 200 valence electrons. The highest BCUT2D eigenvalue weighted by Gasteiger charge is 2.20. The number of hydrogen-bond acceptors (Lipinski definition) is 11. The predicted molar refractivity (Wildman–Crippen MR) is 142 cm³/mol. The van der Waals surface area contributed by atoms with Gasteiger partial charge in [0.25, 0.3) is 5.91 Å². The molecule has 13 heteroatoms. The van der Waals surface area contributed by atoms with Crippen molar-refractivity contribution in [1.29, 1.82) is 5.26 Å². The zero-order valence-electron chi connectivity index (χ0n) is 21.7. The van der Waals surface area contributed by atoms with Crippen molar-refractivity contribution in [1.82, 2.24) is 29.7 Å². The van der Waals surface area contributed by atoms with Crippen LogP contribution in [-0.4, -0.2) is 56.5 Å². The standard InChI is InChI=1S/C27H22N8O5/c1-4-39-23-15-35(25-14-29-12-16(11-28)32-25)34-26(23)27(36)33-24-6-5-17(13-31-24)40-20-7-8-30-19-10-22(38-3)21(37-2)9-18(19)20/h5-10,12-15H,4H2,1-3H3,(H,31,33,36). The van der Waals surface area contributed by atoms with Gasteiger partial charge in [0, 0.05) is 17.6 Å². The fourth-order valence-electron chi connectivity index (χ4n) is 3.77. The van der Waals surface area contributed by atoms with Gasteiger partial charge in [-0.05, 0) is 31.2 Å². The van der Waals surface area contributed by atoms with Crippen LogP contribution in [0.3, 0.4) is 0 Å². The molecule has 1 aromatic carbocycles. The topological polar surface area (TPSA) is 159 Å². The van der Waals surface area contributed by atoms with Crippen LogP contribution in [0.25, 0.3) is 16.7 Å². The second-order valence-electron chi connectivity index (χ2n) is 8.06. The molecule has 5 aromatic rings. The van der Waals surface area contributed by atoms with E-state index in [9.17, 15) is 4.79 Å². The number of carbonyl (C=O) groups excluding carboxylic acids is 1. The lowest BCUT2D eigenvalue weighted by Crippen LogP contribution is -2.15. The van der Waals surface area contributed by atoms with Gasteiger partial charge in [0.15, 0.2) is 34.5 Å². The zero-order chi connectivity index (χ0) is 28.1. The number of amides is 1. The van der Waals surface area contributed by atoms with Crippen LogP contribution in [0.2, 0.25) is 0 Å². The summed E-state index contributed by atoms with van der Waals surface area (Å²) in [5, 5.41) is 16.8. The summed E-state index contributed by atoms with van der Waals surface area (Å²) >= 11 is 0. The zero-order valence-corrected chi connectivity index (χ0v) is 21.7. The fourth-order valence-corrected chi connectivity index (χ4v) is 3.77. The minimum absolute atomic E-state index is 0.0146. The molecule has 0 saturated carbocycles. The van der Waals surface area contributed by atoms with Crippen LogP contribution in [0.5, 0.6) is 28.7 Å². The molecule has 1 N–H and O–H groups in total. The summed E-state index contributed by atoms with van der Waals surface area (Å²) in [6.07, 6.45) is 7.35. The van der Waals surface area contributed by atoms with Crippen molar-refractivity contribution >= 4 is 22.6 Å². The first-order valence-electron chi connectivity index (χ1n) is 11.9. The average Bonchev–Trinajstić information content (AvgIpc) is 3.42. The van der Waals surface area contributed by atoms with E-state index in [0.717, 1.165) is 5.39 Å². The van der Waals surface area contributed by atoms with Crippen LogP contribution < -0.4 is 24.3 Å². The number of nitriles is 1. The second kappa shape index (κ2) is 11.3. The molecule has 0 radical (unpaired) electrons. The Kier molecular flexibility index (Phi) is 7.32. The maximum absolute atomic E-state index is 13.1. The van der Waals surface area contributed by atoms with Crippen molar-refractivity contribution in [2.24, 2.45) is 0 Å². The first-order valence-corrected chi connectivity index (χ1v) is 11.9. The van der Waals surface area contributed by atoms with E-state index in [0.29, 0.717) is 35.1 Å². The van der Waals surface area contributed by atoms with Crippen molar-refractivity contribution in [3.63, 3.8) is 0 Å². The fraction of sp³-hybridized carbons (Fsp3) is 0.148. The molecule has 0 aliphatic carbocycles. The molecule has 0 aliphatic rings. The van der Waals surface area contributed by atoms with Crippen molar-refractivity contribution in [2.75, 3.05) is 26.1 Å².